The second-order valence-electron chi connectivity index (χ2n) is 6.05. The zero-order valence-electron chi connectivity index (χ0n) is 14.1. The van der Waals surface area contributed by atoms with Crippen molar-refractivity contribution in [1.29, 1.82) is 0 Å². The first-order valence-electron chi connectivity index (χ1n) is 8.21. The highest BCUT2D eigenvalue weighted by atomic mass is 16.7. The number of hydrogen-bond donors (Lipinski definition) is 0. The van der Waals surface area contributed by atoms with Gasteiger partial charge in [0, 0.05) is 16.5 Å². The van der Waals surface area contributed by atoms with Crippen molar-refractivity contribution in [1.82, 2.24) is 0 Å². The van der Waals surface area contributed by atoms with Crippen LogP contribution in [0, 0.1) is 6.92 Å². The number of rotatable bonds is 4. The molecule has 1 aliphatic rings. The lowest BCUT2D eigenvalue weighted by Gasteiger charge is -2.04. The molecule has 1 aromatic heterocycles. The molecule has 1 aliphatic heterocycles. The summed E-state index contributed by atoms with van der Waals surface area (Å²) in [6.45, 7) is 4.53. The van der Waals surface area contributed by atoms with Gasteiger partial charge in [0.1, 0.15) is 5.76 Å². The molecule has 0 saturated heterocycles. The van der Waals surface area contributed by atoms with Crippen LogP contribution < -0.4 is 14.2 Å². The molecule has 0 saturated carbocycles. The van der Waals surface area contributed by atoms with Gasteiger partial charge < -0.3 is 18.6 Å². The van der Waals surface area contributed by atoms with Crippen molar-refractivity contribution < 1.29 is 18.6 Å². The fraction of sp³-hybridized carbons (Fsp3) is 0.300. The smallest absolute Gasteiger partial charge is 0.231 e. The maximum Gasteiger partial charge on any atom is 0.231 e. The third-order valence-electron chi connectivity index (χ3n) is 4.46. The normalized spacial score (nSPS) is 12.8. The van der Waals surface area contributed by atoms with Crippen LogP contribution in [0.15, 0.2) is 34.7 Å². The summed E-state index contributed by atoms with van der Waals surface area (Å²) in [6, 6.07) is 10.2. The summed E-state index contributed by atoms with van der Waals surface area (Å²) in [5, 5.41) is 1.10. The van der Waals surface area contributed by atoms with Crippen molar-refractivity contribution >= 4 is 11.0 Å². The van der Waals surface area contributed by atoms with E-state index in [-0.39, 0.29) is 6.79 Å². The highest BCUT2D eigenvalue weighted by Gasteiger charge is 2.20. The molecule has 0 spiro atoms. The predicted molar refractivity (Wildman–Crippen MR) is 93.1 cm³/mol. The zero-order valence-corrected chi connectivity index (χ0v) is 14.1. The molecule has 124 valence electrons. The Kier molecular flexibility index (Phi) is 3.60. The van der Waals surface area contributed by atoms with E-state index in [0.717, 1.165) is 57.9 Å². The molecule has 24 heavy (non-hydrogen) atoms. The summed E-state index contributed by atoms with van der Waals surface area (Å²) >= 11 is 0. The monoisotopic (exact) mass is 324 g/mol. The number of benzene rings is 2. The Balaban J connectivity index is 1.89. The van der Waals surface area contributed by atoms with E-state index in [0.29, 0.717) is 0 Å². The van der Waals surface area contributed by atoms with E-state index in [9.17, 15) is 0 Å². The highest BCUT2D eigenvalue weighted by Crippen LogP contribution is 2.41. The molecule has 0 bridgehead atoms. The van der Waals surface area contributed by atoms with Gasteiger partial charge in [-0.15, -0.1) is 0 Å². The summed E-state index contributed by atoms with van der Waals surface area (Å²) in [5.41, 5.74) is 4.15. The van der Waals surface area contributed by atoms with Crippen LogP contribution in [0.25, 0.3) is 22.3 Å². The van der Waals surface area contributed by atoms with E-state index in [2.05, 4.69) is 26.0 Å². The van der Waals surface area contributed by atoms with Gasteiger partial charge in [0.25, 0.3) is 0 Å². The molecule has 3 aromatic rings. The molecule has 2 heterocycles. The molecule has 0 amide bonds. The van der Waals surface area contributed by atoms with Gasteiger partial charge >= 0.3 is 0 Å². The van der Waals surface area contributed by atoms with E-state index < -0.39 is 0 Å². The number of hydrogen-bond acceptors (Lipinski definition) is 4. The molecule has 4 heteroatoms. The highest BCUT2D eigenvalue weighted by molar-refractivity contribution is 5.92. The summed E-state index contributed by atoms with van der Waals surface area (Å²) < 4.78 is 22.6. The molecule has 0 N–H and O–H groups in total. The largest absolute Gasteiger partial charge is 0.493 e. The Labute approximate surface area is 140 Å². The molecule has 4 rings (SSSR count). The molecule has 0 radical (unpaired) electrons. The van der Waals surface area contributed by atoms with Gasteiger partial charge in [0.15, 0.2) is 22.8 Å². The van der Waals surface area contributed by atoms with E-state index in [4.69, 9.17) is 18.6 Å². The minimum absolute atomic E-state index is 0.270. The van der Waals surface area contributed by atoms with Crippen LogP contribution >= 0.6 is 0 Å². The Morgan fingerprint density at radius 1 is 1.08 bits per heavy atom. The van der Waals surface area contributed by atoms with Gasteiger partial charge in [0.05, 0.1) is 7.11 Å². The molecule has 4 nitrogen and oxygen atoms in total. The van der Waals surface area contributed by atoms with Crippen LogP contribution in [0.2, 0.25) is 0 Å². The number of ether oxygens (including phenoxy) is 3. The molecule has 2 aromatic carbocycles. The van der Waals surface area contributed by atoms with Crippen LogP contribution in [0.1, 0.15) is 24.5 Å². The van der Waals surface area contributed by atoms with Crippen LogP contribution in [0.4, 0.5) is 0 Å². The van der Waals surface area contributed by atoms with Crippen molar-refractivity contribution in [2.75, 3.05) is 13.9 Å². The zero-order chi connectivity index (χ0) is 16.7. The first kappa shape index (κ1) is 14.9. The lowest BCUT2D eigenvalue weighted by molar-refractivity contribution is 0.174. The van der Waals surface area contributed by atoms with E-state index in [1.807, 2.05) is 18.2 Å². The molecule has 0 aliphatic carbocycles. The third kappa shape index (κ3) is 2.30. The van der Waals surface area contributed by atoms with Crippen molar-refractivity contribution in [2.45, 2.75) is 26.7 Å². The van der Waals surface area contributed by atoms with Gasteiger partial charge in [-0.05, 0) is 49.2 Å². The minimum atomic E-state index is 0.270. The standard InChI is InChI=1S/C20H20O4/c1-4-5-13-8-15-12(2)19(24-20(15)18(9-13)21-3)14-6-7-16-17(10-14)23-11-22-16/h6-10H,4-5,11H2,1-3H3. The summed E-state index contributed by atoms with van der Waals surface area (Å²) in [4.78, 5) is 0. The summed E-state index contributed by atoms with van der Waals surface area (Å²) in [7, 11) is 1.68. The van der Waals surface area contributed by atoms with Crippen molar-refractivity contribution in [3.05, 3.63) is 41.5 Å². The fourth-order valence-corrected chi connectivity index (χ4v) is 3.24. The lowest BCUT2D eigenvalue weighted by atomic mass is 10.0. The van der Waals surface area contributed by atoms with Gasteiger partial charge in [-0.1, -0.05) is 13.3 Å². The predicted octanol–water partition coefficient (Wildman–Crippen LogP) is 5.10. The number of methoxy groups -OCH3 is 1. The number of furan rings is 1. The lowest BCUT2D eigenvalue weighted by Crippen LogP contribution is -1.92. The average molecular weight is 324 g/mol. The average Bonchev–Trinajstić information content (AvgIpc) is 3.19. The topological polar surface area (TPSA) is 40.8 Å². The maximum atomic E-state index is 6.18. The van der Waals surface area contributed by atoms with Gasteiger partial charge in [0.2, 0.25) is 6.79 Å². The second kappa shape index (κ2) is 5.78. The van der Waals surface area contributed by atoms with Gasteiger partial charge in [-0.3, -0.25) is 0 Å². The van der Waals surface area contributed by atoms with Crippen LogP contribution in [-0.2, 0) is 6.42 Å². The first-order chi connectivity index (χ1) is 11.7. The first-order valence-corrected chi connectivity index (χ1v) is 8.21. The fourth-order valence-electron chi connectivity index (χ4n) is 3.24. The Morgan fingerprint density at radius 3 is 2.71 bits per heavy atom. The molecule has 0 atom stereocenters. The van der Waals surface area contributed by atoms with Crippen LogP contribution in [0.5, 0.6) is 17.2 Å². The molecular weight excluding hydrogens is 304 g/mol. The molecular formula is C20H20O4. The SMILES string of the molecule is CCCc1cc(OC)c2oc(-c3ccc4c(c3)OCO4)c(C)c2c1. The maximum absolute atomic E-state index is 6.18. The second-order valence-corrected chi connectivity index (χ2v) is 6.05. The number of fused-ring (bicyclic) bond motifs is 2. The Hall–Kier alpha value is -2.62. The van der Waals surface area contributed by atoms with Crippen LogP contribution in [0.3, 0.4) is 0 Å². The van der Waals surface area contributed by atoms with E-state index in [1.165, 1.54) is 5.56 Å². The van der Waals surface area contributed by atoms with Crippen LogP contribution in [-0.4, -0.2) is 13.9 Å². The van der Waals surface area contributed by atoms with E-state index in [1.54, 1.807) is 7.11 Å². The Bertz CT molecular complexity index is 908. The molecule has 0 unspecified atom stereocenters. The van der Waals surface area contributed by atoms with Gasteiger partial charge in [-0.2, -0.15) is 0 Å². The molecule has 0 fully saturated rings. The summed E-state index contributed by atoms with van der Waals surface area (Å²) in [6.07, 6.45) is 2.12. The van der Waals surface area contributed by atoms with E-state index >= 15 is 0 Å². The van der Waals surface area contributed by atoms with Gasteiger partial charge in [-0.25, -0.2) is 0 Å². The number of aryl methyl sites for hydroxylation is 2. The summed E-state index contributed by atoms with van der Waals surface area (Å²) in [5.74, 6) is 3.16. The van der Waals surface area contributed by atoms with Crippen molar-refractivity contribution in [2.24, 2.45) is 0 Å². The Morgan fingerprint density at radius 2 is 1.92 bits per heavy atom. The van der Waals surface area contributed by atoms with Crippen molar-refractivity contribution in [3.63, 3.8) is 0 Å². The third-order valence-corrected chi connectivity index (χ3v) is 4.46. The minimum Gasteiger partial charge on any atom is -0.493 e. The van der Waals surface area contributed by atoms with Crippen molar-refractivity contribution in [3.8, 4) is 28.6 Å². The quantitative estimate of drug-likeness (QED) is 0.669.